The van der Waals surface area contributed by atoms with Crippen LogP contribution in [-0.2, 0) is 9.59 Å². The van der Waals surface area contributed by atoms with E-state index in [9.17, 15) is 9.59 Å². The average Bonchev–Trinajstić information content (AvgIpc) is 2.57. The van der Waals surface area contributed by atoms with Gasteiger partial charge in [-0.05, 0) is 38.0 Å². The van der Waals surface area contributed by atoms with E-state index < -0.39 is 0 Å². The summed E-state index contributed by atoms with van der Waals surface area (Å²) in [6, 6.07) is 6.20. The van der Waals surface area contributed by atoms with Gasteiger partial charge in [-0.3, -0.25) is 9.59 Å². The molecule has 0 spiro atoms. The number of aryl methyl sites for hydroxylation is 2. The predicted molar refractivity (Wildman–Crippen MR) is 94.1 cm³/mol. The molecule has 0 saturated carbocycles. The molecule has 0 aliphatic carbocycles. The van der Waals surface area contributed by atoms with Gasteiger partial charge in [-0.25, -0.2) is 5.01 Å². The third-order valence-electron chi connectivity index (χ3n) is 4.53. The molecule has 2 aliphatic heterocycles. The van der Waals surface area contributed by atoms with E-state index in [1.165, 1.54) is 5.01 Å². The molecule has 0 unspecified atom stereocenters. The van der Waals surface area contributed by atoms with E-state index in [0.717, 1.165) is 23.4 Å². The molecule has 24 heavy (non-hydrogen) atoms. The number of hydrazone groups is 1. The summed E-state index contributed by atoms with van der Waals surface area (Å²) in [5.41, 5.74) is 3.28. The van der Waals surface area contributed by atoms with Crippen LogP contribution in [0.5, 0.6) is 0 Å². The van der Waals surface area contributed by atoms with Gasteiger partial charge in [0.25, 0.3) is 5.91 Å². The Balaban J connectivity index is 1.88. The van der Waals surface area contributed by atoms with Crippen LogP contribution in [0, 0.1) is 13.8 Å². The third-order valence-corrected chi connectivity index (χ3v) is 4.53. The monoisotopic (exact) mass is 328 g/mol. The molecule has 3 rings (SSSR count). The molecule has 2 aliphatic rings. The summed E-state index contributed by atoms with van der Waals surface area (Å²) < 4.78 is 0. The molecule has 1 aromatic carbocycles. The van der Waals surface area contributed by atoms with Crippen molar-refractivity contribution in [3.63, 3.8) is 0 Å². The molecule has 6 nitrogen and oxygen atoms in total. The number of piperazine rings is 1. The van der Waals surface area contributed by atoms with Gasteiger partial charge in [0.05, 0.1) is 5.69 Å². The molecule has 0 radical (unpaired) electrons. The summed E-state index contributed by atoms with van der Waals surface area (Å²) in [5, 5.41) is 9.16. The molecule has 2 heterocycles. The smallest absolute Gasteiger partial charge is 0.270 e. The van der Waals surface area contributed by atoms with Gasteiger partial charge in [-0.15, -0.1) is 0 Å². The molecule has 1 aromatic rings. The zero-order valence-corrected chi connectivity index (χ0v) is 14.5. The van der Waals surface area contributed by atoms with Crippen LogP contribution in [0.3, 0.4) is 0 Å². The Morgan fingerprint density at radius 1 is 1.29 bits per heavy atom. The second kappa shape index (κ2) is 6.73. The van der Waals surface area contributed by atoms with Crippen molar-refractivity contribution < 1.29 is 9.59 Å². The van der Waals surface area contributed by atoms with Crippen molar-refractivity contribution in [1.82, 2.24) is 10.2 Å². The van der Waals surface area contributed by atoms with Gasteiger partial charge in [0, 0.05) is 38.5 Å². The lowest BCUT2D eigenvalue weighted by atomic mass is 10.1. The zero-order valence-electron chi connectivity index (χ0n) is 14.5. The van der Waals surface area contributed by atoms with E-state index >= 15 is 0 Å². The summed E-state index contributed by atoms with van der Waals surface area (Å²) in [6.07, 6.45) is 0.733. The van der Waals surface area contributed by atoms with Crippen LogP contribution in [0.1, 0.15) is 30.9 Å². The van der Waals surface area contributed by atoms with E-state index in [2.05, 4.69) is 17.3 Å². The highest BCUT2D eigenvalue weighted by Gasteiger charge is 2.30. The standard InChI is InChI=1S/C18H24N4O2/c1-12-4-5-13(2)16(10-12)22-17(23)7-6-15(20-22)18(24)21-9-8-19-14(3)11-21/h4-5,10,14,19H,6-9,11H2,1-3H3/t14-/m1/s1. The van der Waals surface area contributed by atoms with Crippen LogP contribution >= 0.6 is 0 Å². The Hall–Kier alpha value is -2.21. The van der Waals surface area contributed by atoms with Crippen molar-refractivity contribution in [2.75, 3.05) is 24.6 Å². The molecule has 2 amide bonds. The Morgan fingerprint density at radius 2 is 2.08 bits per heavy atom. The highest BCUT2D eigenvalue weighted by molar-refractivity contribution is 6.40. The first-order chi connectivity index (χ1) is 11.5. The first kappa shape index (κ1) is 16.6. The highest BCUT2D eigenvalue weighted by atomic mass is 16.2. The number of rotatable bonds is 2. The van der Waals surface area contributed by atoms with Crippen molar-refractivity contribution in [3.8, 4) is 0 Å². The number of hydrogen-bond acceptors (Lipinski definition) is 4. The minimum atomic E-state index is -0.0612. The topological polar surface area (TPSA) is 65.0 Å². The van der Waals surface area contributed by atoms with Crippen molar-refractivity contribution in [1.29, 1.82) is 0 Å². The maximum atomic E-state index is 12.8. The van der Waals surface area contributed by atoms with Crippen LogP contribution in [0.15, 0.2) is 23.3 Å². The molecule has 128 valence electrons. The maximum Gasteiger partial charge on any atom is 0.270 e. The predicted octanol–water partition coefficient (Wildman–Crippen LogP) is 1.61. The molecule has 1 saturated heterocycles. The third kappa shape index (κ3) is 3.33. The molecule has 1 N–H and O–H groups in total. The number of nitrogens with zero attached hydrogens (tertiary/aromatic N) is 3. The SMILES string of the molecule is Cc1ccc(C)c(N2N=C(C(=O)N3CCN[C@H](C)C3)CCC2=O)c1. The lowest BCUT2D eigenvalue weighted by Crippen LogP contribution is -2.53. The summed E-state index contributed by atoms with van der Waals surface area (Å²) in [7, 11) is 0. The van der Waals surface area contributed by atoms with Crippen LogP contribution in [0.25, 0.3) is 0 Å². The molecular weight excluding hydrogens is 304 g/mol. The quantitative estimate of drug-likeness (QED) is 0.897. The minimum Gasteiger partial charge on any atom is -0.335 e. The van der Waals surface area contributed by atoms with Gasteiger partial charge >= 0.3 is 0 Å². The van der Waals surface area contributed by atoms with Crippen LogP contribution < -0.4 is 10.3 Å². The van der Waals surface area contributed by atoms with Gasteiger partial charge in [-0.1, -0.05) is 12.1 Å². The zero-order chi connectivity index (χ0) is 17.3. The first-order valence-corrected chi connectivity index (χ1v) is 8.46. The van der Waals surface area contributed by atoms with Gasteiger partial charge < -0.3 is 10.2 Å². The van der Waals surface area contributed by atoms with Crippen molar-refractivity contribution in [2.45, 2.75) is 39.7 Å². The summed E-state index contributed by atoms with van der Waals surface area (Å²) in [5.74, 6) is -0.111. The average molecular weight is 328 g/mol. The Labute approximate surface area is 142 Å². The molecule has 1 fully saturated rings. The Bertz CT molecular complexity index is 698. The molecule has 0 bridgehead atoms. The van der Waals surface area contributed by atoms with Crippen molar-refractivity contribution >= 4 is 23.2 Å². The number of amides is 2. The number of nitrogens with one attached hydrogen (secondary N) is 1. The van der Waals surface area contributed by atoms with Crippen LogP contribution in [-0.4, -0.2) is 48.1 Å². The maximum absolute atomic E-state index is 12.8. The fourth-order valence-corrected chi connectivity index (χ4v) is 3.14. The molecule has 0 aromatic heterocycles. The number of anilines is 1. The second-order valence-corrected chi connectivity index (χ2v) is 6.65. The summed E-state index contributed by atoms with van der Waals surface area (Å²) >= 11 is 0. The van der Waals surface area contributed by atoms with Crippen LogP contribution in [0.4, 0.5) is 5.69 Å². The van der Waals surface area contributed by atoms with Gasteiger partial charge in [0.15, 0.2) is 0 Å². The first-order valence-electron chi connectivity index (χ1n) is 8.46. The Morgan fingerprint density at radius 3 is 2.83 bits per heavy atom. The van der Waals surface area contributed by atoms with Gasteiger partial charge in [0.1, 0.15) is 5.71 Å². The van der Waals surface area contributed by atoms with E-state index in [-0.39, 0.29) is 17.9 Å². The molecule has 6 heteroatoms. The van der Waals surface area contributed by atoms with E-state index in [1.54, 1.807) is 0 Å². The number of carbonyl (C=O) groups excluding carboxylic acids is 2. The van der Waals surface area contributed by atoms with E-state index in [0.29, 0.717) is 31.6 Å². The van der Waals surface area contributed by atoms with E-state index in [1.807, 2.05) is 36.9 Å². The number of benzene rings is 1. The lowest BCUT2D eigenvalue weighted by Gasteiger charge is -2.33. The van der Waals surface area contributed by atoms with E-state index in [4.69, 9.17) is 0 Å². The normalized spacial score (nSPS) is 21.7. The van der Waals surface area contributed by atoms with Gasteiger partial charge in [-0.2, -0.15) is 5.10 Å². The minimum absolute atomic E-state index is 0.0499. The Kier molecular flexibility index (Phi) is 4.66. The molecule has 1 atom stereocenters. The van der Waals surface area contributed by atoms with Crippen molar-refractivity contribution in [2.24, 2.45) is 5.10 Å². The molecular formula is C18H24N4O2. The number of hydrogen-bond donors (Lipinski definition) is 1. The summed E-state index contributed by atoms with van der Waals surface area (Å²) in [6.45, 7) is 8.14. The summed E-state index contributed by atoms with van der Waals surface area (Å²) in [4.78, 5) is 26.9. The largest absolute Gasteiger partial charge is 0.335 e. The van der Waals surface area contributed by atoms with Crippen LogP contribution in [0.2, 0.25) is 0 Å². The fraction of sp³-hybridized carbons (Fsp3) is 0.500. The highest BCUT2D eigenvalue weighted by Crippen LogP contribution is 2.25. The lowest BCUT2D eigenvalue weighted by molar-refractivity contribution is -0.125. The second-order valence-electron chi connectivity index (χ2n) is 6.65. The van der Waals surface area contributed by atoms with Crippen molar-refractivity contribution in [3.05, 3.63) is 29.3 Å². The number of carbonyl (C=O) groups is 2. The fourth-order valence-electron chi connectivity index (χ4n) is 3.14. The van der Waals surface area contributed by atoms with Gasteiger partial charge in [0.2, 0.25) is 5.91 Å².